The smallest absolute Gasteiger partial charge is 0.226 e. The molecule has 6 nitrogen and oxygen atoms in total. The number of benzene rings is 1. The minimum Gasteiger partial charge on any atom is -0.350 e. The first-order chi connectivity index (χ1) is 13.5. The molecule has 3 rings (SSSR count). The van der Waals surface area contributed by atoms with Crippen LogP contribution in [-0.2, 0) is 16.0 Å². The quantitative estimate of drug-likeness (QED) is 0.635. The monoisotopic (exact) mass is 394 g/mol. The molecular formula is C21H22N4O2S. The molecule has 1 aromatic carbocycles. The zero-order valence-electron chi connectivity index (χ0n) is 15.8. The highest BCUT2D eigenvalue weighted by Gasteiger charge is 2.10. The second kappa shape index (κ2) is 9.23. The Bertz CT molecular complexity index is 939. The molecule has 0 spiro atoms. The molecule has 2 amide bonds. The van der Waals surface area contributed by atoms with E-state index < -0.39 is 0 Å². The van der Waals surface area contributed by atoms with Crippen molar-refractivity contribution in [3.05, 3.63) is 65.3 Å². The van der Waals surface area contributed by atoms with Gasteiger partial charge in [-0.3, -0.25) is 14.6 Å². The maximum atomic E-state index is 12.1. The SMILES string of the molecule is CC(=O)NC(C)c1ccc(-c2csc(NC(=O)CCc3cccnc3)n2)cc1. The number of aryl methyl sites for hydroxylation is 1. The number of nitrogens with one attached hydrogen (secondary N) is 2. The van der Waals surface area contributed by atoms with Crippen molar-refractivity contribution in [1.82, 2.24) is 15.3 Å². The van der Waals surface area contributed by atoms with Crippen LogP contribution in [0, 0.1) is 0 Å². The Balaban J connectivity index is 1.57. The number of aromatic nitrogens is 2. The van der Waals surface area contributed by atoms with Gasteiger partial charge in [0.05, 0.1) is 11.7 Å². The van der Waals surface area contributed by atoms with Crippen molar-refractivity contribution in [2.24, 2.45) is 0 Å². The molecule has 1 unspecified atom stereocenters. The normalized spacial score (nSPS) is 11.6. The molecule has 0 aliphatic rings. The fourth-order valence-corrected chi connectivity index (χ4v) is 3.52. The molecule has 2 heterocycles. The number of thiazole rings is 1. The van der Waals surface area contributed by atoms with Crippen molar-refractivity contribution in [2.75, 3.05) is 5.32 Å². The Morgan fingerprint density at radius 3 is 2.64 bits per heavy atom. The molecule has 3 aromatic rings. The number of anilines is 1. The van der Waals surface area contributed by atoms with E-state index in [2.05, 4.69) is 20.6 Å². The Morgan fingerprint density at radius 2 is 1.96 bits per heavy atom. The largest absolute Gasteiger partial charge is 0.350 e. The van der Waals surface area contributed by atoms with Crippen molar-refractivity contribution in [3.8, 4) is 11.3 Å². The van der Waals surface area contributed by atoms with E-state index in [0.717, 1.165) is 22.4 Å². The van der Waals surface area contributed by atoms with E-state index in [0.29, 0.717) is 18.0 Å². The first-order valence-electron chi connectivity index (χ1n) is 9.03. The van der Waals surface area contributed by atoms with Crippen molar-refractivity contribution in [2.45, 2.75) is 32.7 Å². The van der Waals surface area contributed by atoms with Gasteiger partial charge < -0.3 is 10.6 Å². The molecule has 0 bridgehead atoms. The van der Waals surface area contributed by atoms with E-state index in [-0.39, 0.29) is 17.9 Å². The molecule has 2 aromatic heterocycles. The van der Waals surface area contributed by atoms with Crippen LogP contribution in [0.5, 0.6) is 0 Å². The zero-order valence-corrected chi connectivity index (χ0v) is 16.6. The first kappa shape index (κ1) is 19.7. The summed E-state index contributed by atoms with van der Waals surface area (Å²) in [6, 6.07) is 11.7. The van der Waals surface area contributed by atoms with E-state index in [1.807, 2.05) is 48.7 Å². The van der Waals surface area contributed by atoms with Gasteiger partial charge in [0.2, 0.25) is 11.8 Å². The van der Waals surface area contributed by atoms with Gasteiger partial charge in [-0.15, -0.1) is 11.3 Å². The lowest BCUT2D eigenvalue weighted by atomic mass is 10.1. The highest BCUT2D eigenvalue weighted by molar-refractivity contribution is 7.14. The van der Waals surface area contributed by atoms with Crippen LogP contribution < -0.4 is 10.6 Å². The van der Waals surface area contributed by atoms with Gasteiger partial charge in [0, 0.05) is 36.7 Å². The van der Waals surface area contributed by atoms with Gasteiger partial charge in [-0.1, -0.05) is 30.3 Å². The third-order valence-electron chi connectivity index (χ3n) is 4.24. The van der Waals surface area contributed by atoms with Crippen LogP contribution in [0.2, 0.25) is 0 Å². The summed E-state index contributed by atoms with van der Waals surface area (Å²) in [6.45, 7) is 3.45. The summed E-state index contributed by atoms with van der Waals surface area (Å²) in [7, 11) is 0. The number of carbonyl (C=O) groups is 2. The molecular weight excluding hydrogens is 372 g/mol. The van der Waals surface area contributed by atoms with Crippen LogP contribution in [-0.4, -0.2) is 21.8 Å². The van der Waals surface area contributed by atoms with Crippen LogP contribution in [0.15, 0.2) is 54.2 Å². The summed E-state index contributed by atoms with van der Waals surface area (Å²) < 4.78 is 0. The van der Waals surface area contributed by atoms with E-state index in [1.165, 1.54) is 18.3 Å². The number of carbonyl (C=O) groups excluding carboxylic acids is 2. The average Bonchev–Trinajstić information content (AvgIpc) is 3.15. The first-order valence-corrected chi connectivity index (χ1v) is 9.91. The zero-order chi connectivity index (χ0) is 19.9. The molecule has 1 atom stereocenters. The Hall–Kier alpha value is -3.06. The Morgan fingerprint density at radius 1 is 1.18 bits per heavy atom. The number of nitrogens with zero attached hydrogens (tertiary/aromatic N) is 2. The van der Waals surface area contributed by atoms with E-state index in [4.69, 9.17) is 0 Å². The number of rotatable bonds is 7. The maximum Gasteiger partial charge on any atom is 0.226 e. The van der Waals surface area contributed by atoms with E-state index in [1.54, 1.807) is 12.4 Å². The number of amides is 2. The van der Waals surface area contributed by atoms with Crippen LogP contribution in [0.4, 0.5) is 5.13 Å². The molecule has 0 saturated heterocycles. The summed E-state index contributed by atoms with van der Waals surface area (Å²) >= 11 is 1.40. The maximum absolute atomic E-state index is 12.1. The minimum absolute atomic E-state index is 0.0448. The summed E-state index contributed by atoms with van der Waals surface area (Å²) in [5.74, 6) is -0.121. The highest BCUT2D eigenvalue weighted by Crippen LogP contribution is 2.26. The predicted octanol–water partition coefficient (Wildman–Crippen LogP) is 3.97. The molecule has 144 valence electrons. The second-order valence-corrected chi connectivity index (χ2v) is 7.35. The lowest BCUT2D eigenvalue weighted by Crippen LogP contribution is -2.23. The van der Waals surface area contributed by atoms with Gasteiger partial charge in [-0.25, -0.2) is 4.98 Å². The highest BCUT2D eigenvalue weighted by atomic mass is 32.1. The lowest BCUT2D eigenvalue weighted by molar-refractivity contribution is -0.119. The number of hydrogen-bond donors (Lipinski definition) is 2. The van der Waals surface area contributed by atoms with Gasteiger partial charge in [-0.2, -0.15) is 0 Å². The van der Waals surface area contributed by atoms with Crippen LogP contribution in [0.1, 0.15) is 37.4 Å². The third-order valence-corrected chi connectivity index (χ3v) is 5.00. The number of pyridine rings is 1. The number of hydrogen-bond acceptors (Lipinski definition) is 5. The Labute approximate surface area is 168 Å². The second-order valence-electron chi connectivity index (χ2n) is 6.49. The summed E-state index contributed by atoms with van der Waals surface area (Å²) in [5.41, 5.74) is 3.83. The molecule has 0 aliphatic carbocycles. The van der Waals surface area contributed by atoms with E-state index in [9.17, 15) is 9.59 Å². The van der Waals surface area contributed by atoms with Crippen LogP contribution >= 0.6 is 11.3 Å². The van der Waals surface area contributed by atoms with Crippen LogP contribution in [0.3, 0.4) is 0 Å². The van der Waals surface area contributed by atoms with Crippen molar-refractivity contribution in [1.29, 1.82) is 0 Å². The predicted molar refractivity (Wildman–Crippen MR) is 111 cm³/mol. The molecule has 28 heavy (non-hydrogen) atoms. The fourth-order valence-electron chi connectivity index (χ4n) is 2.78. The van der Waals surface area contributed by atoms with Crippen molar-refractivity contribution in [3.63, 3.8) is 0 Å². The van der Waals surface area contributed by atoms with E-state index >= 15 is 0 Å². The van der Waals surface area contributed by atoms with Gasteiger partial charge in [0.25, 0.3) is 0 Å². The van der Waals surface area contributed by atoms with Gasteiger partial charge in [0.1, 0.15) is 0 Å². The van der Waals surface area contributed by atoms with Gasteiger partial charge in [0.15, 0.2) is 5.13 Å². The average molecular weight is 395 g/mol. The van der Waals surface area contributed by atoms with Crippen molar-refractivity contribution >= 4 is 28.3 Å². The van der Waals surface area contributed by atoms with Crippen LogP contribution in [0.25, 0.3) is 11.3 Å². The molecule has 2 N–H and O–H groups in total. The summed E-state index contributed by atoms with van der Waals surface area (Å²) in [6.07, 6.45) is 4.52. The topological polar surface area (TPSA) is 84.0 Å². The van der Waals surface area contributed by atoms with Gasteiger partial charge >= 0.3 is 0 Å². The van der Waals surface area contributed by atoms with Crippen molar-refractivity contribution < 1.29 is 9.59 Å². The third kappa shape index (κ3) is 5.47. The molecule has 7 heteroatoms. The molecule has 0 saturated carbocycles. The lowest BCUT2D eigenvalue weighted by Gasteiger charge is -2.13. The van der Waals surface area contributed by atoms with Gasteiger partial charge in [-0.05, 0) is 30.5 Å². The standard InChI is InChI=1S/C21H22N4O2S/c1-14(23-15(2)26)17-6-8-18(9-7-17)19-13-28-21(24-19)25-20(27)10-5-16-4-3-11-22-12-16/h3-4,6-9,11-14H,5,10H2,1-2H3,(H,23,26)(H,24,25,27). The molecule has 0 radical (unpaired) electrons. The molecule has 0 aliphatic heterocycles. The Kier molecular flexibility index (Phi) is 6.49. The fraction of sp³-hybridized carbons (Fsp3) is 0.238. The minimum atomic E-state index is -0.0655. The summed E-state index contributed by atoms with van der Waals surface area (Å²) in [5, 5.41) is 8.22. The summed E-state index contributed by atoms with van der Waals surface area (Å²) in [4.78, 5) is 31.9. The molecule has 0 fully saturated rings.